The normalized spacial score (nSPS) is 14.9. The molecule has 0 fully saturated rings. The maximum absolute atomic E-state index is 12.4. The van der Waals surface area contributed by atoms with E-state index in [1.54, 1.807) is 0 Å². The molecule has 3 unspecified atom stereocenters. The first-order chi connectivity index (χ1) is 20.5. The van der Waals surface area contributed by atoms with Crippen molar-refractivity contribution in [3.63, 3.8) is 0 Å². The van der Waals surface area contributed by atoms with Gasteiger partial charge in [0.2, 0.25) is 5.91 Å². The number of quaternary nitrogens is 1. The summed E-state index contributed by atoms with van der Waals surface area (Å²) in [4.78, 5) is 24.7. The standard InChI is InChI=1S/C34H71N2O6P/c1-6-8-10-11-12-13-14-15-16-17-18-19-20-21-22-23-24-26-27-33(37)32(35-34(38)28-25-9-7-2)31-42-43(39,40)41-30-29-36(3,4)5/h32-33,37H,6-31H2,1-5H3,(H-,35,38,39,40). The maximum Gasteiger partial charge on any atom is 0.268 e. The molecule has 0 saturated carbocycles. The molecule has 0 spiro atoms. The lowest BCUT2D eigenvalue weighted by Crippen LogP contribution is -2.46. The minimum atomic E-state index is -4.53. The van der Waals surface area contributed by atoms with Gasteiger partial charge in [-0.2, -0.15) is 0 Å². The number of likely N-dealkylation sites (N-methyl/N-ethyl adjacent to an activating group) is 1. The van der Waals surface area contributed by atoms with Gasteiger partial charge < -0.3 is 28.8 Å². The number of phosphoric acid groups is 1. The summed E-state index contributed by atoms with van der Waals surface area (Å²) in [5, 5.41) is 13.6. The summed E-state index contributed by atoms with van der Waals surface area (Å²) in [6, 6.07) is -0.788. The van der Waals surface area contributed by atoms with Crippen LogP contribution in [0.3, 0.4) is 0 Å². The first-order valence-corrected chi connectivity index (χ1v) is 19.3. The van der Waals surface area contributed by atoms with E-state index >= 15 is 0 Å². The molecule has 0 aliphatic heterocycles. The molecule has 0 aliphatic rings. The highest BCUT2D eigenvalue weighted by atomic mass is 31.2. The number of phosphoric ester groups is 1. The van der Waals surface area contributed by atoms with Crippen LogP contribution in [0.1, 0.15) is 162 Å². The van der Waals surface area contributed by atoms with Gasteiger partial charge in [0.15, 0.2) is 0 Å². The predicted molar refractivity (Wildman–Crippen MR) is 178 cm³/mol. The van der Waals surface area contributed by atoms with Gasteiger partial charge in [0, 0.05) is 6.42 Å². The minimum absolute atomic E-state index is 0.0141. The molecule has 9 heteroatoms. The Kier molecular flexibility index (Phi) is 27.5. The molecule has 2 N–H and O–H groups in total. The molecular weight excluding hydrogens is 563 g/mol. The Balaban J connectivity index is 4.13. The highest BCUT2D eigenvalue weighted by Gasteiger charge is 2.24. The lowest BCUT2D eigenvalue weighted by atomic mass is 10.0. The van der Waals surface area contributed by atoms with Crippen LogP contribution in [0.5, 0.6) is 0 Å². The van der Waals surface area contributed by atoms with Gasteiger partial charge >= 0.3 is 0 Å². The lowest BCUT2D eigenvalue weighted by Gasteiger charge is -2.30. The molecular formula is C34H71N2O6P. The molecule has 0 saturated heterocycles. The number of unbranched alkanes of at least 4 members (excludes halogenated alkanes) is 19. The van der Waals surface area contributed by atoms with Crippen LogP contribution in [0.4, 0.5) is 0 Å². The van der Waals surface area contributed by atoms with Crippen LogP contribution >= 0.6 is 7.82 Å². The van der Waals surface area contributed by atoms with Crippen LogP contribution < -0.4 is 10.2 Å². The molecule has 0 rings (SSSR count). The molecule has 3 atom stereocenters. The minimum Gasteiger partial charge on any atom is -0.756 e. The Morgan fingerprint density at radius 3 is 1.58 bits per heavy atom. The van der Waals surface area contributed by atoms with E-state index in [4.69, 9.17) is 9.05 Å². The fraction of sp³-hybridized carbons (Fsp3) is 0.971. The van der Waals surface area contributed by atoms with Crippen LogP contribution in [0.25, 0.3) is 0 Å². The molecule has 0 aromatic carbocycles. The molecule has 0 heterocycles. The van der Waals surface area contributed by atoms with Crippen molar-refractivity contribution in [3.8, 4) is 0 Å². The third-order valence-electron chi connectivity index (χ3n) is 8.10. The number of carbonyl (C=O) groups excluding carboxylic acids is 1. The topological polar surface area (TPSA) is 108 Å². The molecule has 0 aromatic rings. The van der Waals surface area contributed by atoms with Crippen molar-refractivity contribution in [2.45, 2.75) is 174 Å². The number of hydrogen-bond acceptors (Lipinski definition) is 6. The molecule has 0 bridgehead atoms. The van der Waals surface area contributed by atoms with Gasteiger partial charge in [0.05, 0.1) is 39.9 Å². The zero-order valence-corrected chi connectivity index (χ0v) is 29.8. The van der Waals surface area contributed by atoms with Crippen molar-refractivity contribution in [2.75, 3.05) is 40.9 Å². The Labute approximate surface area is 266 Å². The molecule has 43 heavy (non-hydrogen) atoms. The predicted octanol–water partition coefficient (Wildman–Crippen LogP) is 8.05. The number of carbonyl (C=O) groups is 1. The van der Waals surface area contributed by atoms with Gasteiger partial charge in [0.25, 0.3) is 7.82 Å². The summed E-state index contributed by atoms with van der Waals surface area (Å²) < 4.78 is 22.9. The first-order valence-electron chi connectivity index (χ1n) is 17.9. The van der Waals surface area contributed by atoms with Crippen molar-refractivity contribution in [2.24, 2.45) is 0 Å². The van der Waals surface area contributed by atoms with Crippen molar-refractivity contribution in [1.29, 1.82) is 0 Å². The maximum atomic E-state index is 12.4. The van der Waals surface area contributed by atoms with E-state index < -0.39 is 20.0 Å². The fourth-order valence-electron chi connectivity index (χ4n) is 5.16. The van der Waals surface area contributed by atoms with Crippen LogP contribution in [0, 0.1) is 0 Å². The van der Waals surface area contributed by atoms with E-state index in [1.807, 2.05) is 21.1 Å². The van der Waals surface area contributed by atoms with E-state index in [0.29, 0.717) is 23.9 Å². The van der Waals surface area contributed by atoms with E-state index in [-0.39, 0.29) is 19.1 Å². The summed E-state index contributed by atoms with van der Waals surface area (Å²) in [6.07, 6.45) is 26.1. The second kappa shape index (κ2) is 27.8. The molecule has 258 valence electrons. The molecule has 1 amide bonds. The third kappa shape index (κ3) is 29.9. The third-order valence-corrected chi connectivity index (χ3v) is 9.06. The number of rotatable bonds is 32. The average Bonchev–Trinajstić information content (AvgIpc) is 2.93. The number of nitrogens with one attached hydrogen (secondary N) is 1. The van der Waals surface area contributed by atoms with Gasteiger partial charge in [-0.05, 0) is 12.8 Å². The monoisotopic (exact) mass is 635 g/mol. The Hall–Kier alpha value is -0.500. The summed E-state index contributed by atoms with van der Waals surface area (Å²) in [6.45, 7) is 4.54. The highest BCUT2D eigenvalue weighted by molar-refractivity contribution is 7.45. The smallest absolute Gasteiger partial charge is 0.268 e. The van der Waals surface area contributed by atoms with Crippen molar-refractivity contribution >= 4 is 13.7 Å². The van der Waals surface area contributed by atoms with Gasteiger partial charge in [0.1, 0.15) is 13.2 Å². The van der Waals surface area contributed by atoms with E-state index in [0.717, 1.165) is 38.5 Å². The van der Waals surface area contributed by atoms with E-state index in [2.05, 4.69) is 19.2 Å². The number of aliphatic hydroxyl groups excluding tert-OH is 1. The molecule has 0 aromatic heterocycles. The Morgan fingerprint density at radius 1 is 0.721 bits per heavy atom. The summed E-state index contributed by atoms with van der Waals surface area (Å²) in [7, 11) is 1.30. The van der Waals surface area contributed by atoms with E-state index in [9.17, 15) is 19.4 Å². The van der Waals surface area contributed by atoms with Crippen molar-refractivity contribution in [1.82, 2.24) is 5.32 Å². The summed E-state index contributed by atoms with van der Waals surface area (Å²) >= 11 is 0. The van der Waals surface area contributed by atoms with Crippen LogP contribution in [-0.2, 0) is 18.4 Å². The van der Waals surface area contributed by atoms with Crippen LogP contribution in [-0.4, -0.2) is 68.5 Å². The second-order valence-electron chi connectivity index (χ2n) is 13.6. The molecule has 0 radical (unpaired) electrons. The summed E-state index contributed by atoms with van der Waals surface area (Å²) in [5.74, 6) is -0.189. The second-order valence-corrected chi connectivity index (χ2v) is 15.0. The number of amides is 1. The largest absolute Gasteiger partial charge is 0.756 e. The fourth-order valence-corrected chi connectivity index (χ4v) is 5.88. The highest BCUT2D eigenvalue weighted by Crippen LogP contribution is 2.38. The van der Waals surface area contributed by atoms with Gasteiger partial charge in [-0.1, -0.05) is 142 Å². The zero-order valence-electron chi connectivity index (χ0n) is 28.9. The zero-order chi connectivity index (χ0) is 32.2. The van der Waals surface area contributed by atoms with Crippen LogP contribution in [0.2, 0.25) is 0 Å². The number of nitrogens with zero attached hydrogens (tertiary/aromatic N) is 1. The molecule has 0 aliphatic carbocycles. The average molecular weight is 635 g/mol. The summed E-state index contributed by atoms with van der Waals surface area (Å²) in [5.41, 5.74) is 0. The van der Waals surface area contributed by atoms with Gasteiger partial charge in [-0.15, -0.1) is 0 Å². The van der Waals surface area contributed by atoms with Crippen molar-refractivity contribution < 1.29 is 32.9 Å². The number of hydrogen-bond donors (Lipinski definition) is 2. The Morgan fingerprint density at radius 2 is 1.14 bits per heavy atom. The quantitative estimate of drug-likeness (QED) is 0.0440. The van der Waals surface area contributed by atoms with Crippen LogP contribution in [0.15, 0.2) is 0 Å². The van der Waals surface area contributed by atoms with Gasteiger partial charge in [-0.25, -0.2) is 0 Å². The SMILES string of the molecule is CCCCCCCCCCCCCCCCCCCCC(O)C(COP(=O)([O-])OCC[N+](C)(C)C)NC(=O)CCCCC. The first kappa shape index (κ1) is 42.5. The Bertz CT molecular complexity index is 688. The van der Waals surface area contributed by atoms with Crippen molar-refractivity contribution in [3.05, 3.63) is 0 Å². The van der Waals surface area contributed by atoms with E-state index in [1.165, 1.54) is 96.3 Å². The lowest BCUT2D eigenvalue weighted by molar-refractivity contribution is -0.870. The molecule has 8 nitrogen and oxygen atoms in total. The number of aliphatic hydroxyl groups is 1. The van der Waals surface area contributed by atoms with Gasteiger partial charge in [-0.3, -0.25) is 9.36 Å².